The molecule has 0 aromatic heterocycles. The standard InChI is InChI=1S/C28H26O5/c29-23-13-10-19(11-14-23)7-8-21-4-2-6-25(16-21)33-28-17-22(26(31)18-27(28)32)12-9-20-3-1-5-24(30)15-20/h1-6,10-11,13-18,29-32H,7-9,12H2. The van der Waals surface area contributed by atoms with Gasteiger partial charge in [0, 0.05) is 6.07 Å². The van der Waals surface area contributed by atoms with Crippen molar-refractivity contribution < 1.29 is 25.2 Å². The second kappa shape index (κ2) is 10.0. The minimum atomic E-state index is -0.136. The fourth-order valence-electron chi connectivity index (χ4n) is 3.72. The van der Waals surface area contributed by atoms with E-state index in [0.29, 0.717) is 24.2 Å². The van der Waals surface area contributed by atoms with Crippen molar-refractivity contribution in [1.82, 2.24) is 0 Å². The fraction of sp³-hybridized carbons (Fsp3) is 0.143. The monoisotopic (exact) mass is 442 g/mol. The van der Waals surface area contributed by atoms with Crippen molar-refractivity contribution >= 4 is 0 Å². The van der Waals surface area contributed by atoms with Crippen LogP contribution in [0.4, 0.5) is 0 Å². The van der Waals surface area contributed by atoms with Gasteiger partial charge < -0.3 is 25.2 Å². The van der Waals surface area contributed by atoms with Gasteiger partial charge in [-0.25, -0.2) is 0 Å². The SMILES string of the molecule is Oc1ccc(CCc2cccc(Oc3cc(CCc4cccc(O)c4)c(O)cc3O)c2)cc1. The van der Waals surface area contributed by atoms with Gasteiger partial charge in [-0.05, 0) is 90.4 Å². The second-order valence-corrected chi connectivity index (χ2v) is 8.03. The molecule has 4 N–H and O–H groups in total. The van der Waals surface area contributed by atoms with Crippen molar-refractivity contribution in [2.75, 3.05) is 0 Å². The van der Waals surface area contributed by atoms with Gasteiger partial charge in [-0.15, -0.1) is 0 Å². The summed E-state index contributed by atoms with van der Waals surface area (Å²) < 4.78 is 5.95. The molecule has 0 aliphatic carbocycles. The van der Waals surface area contributed by atoms with Crippen LogP contribution in [0.5, 0.6) is 34.5 Å². The van der Waals surface area contributed by atoms with Gasteiger partial charge in [-0.3, -0.25) is 0 Å². The number of ether oxygens (including phenoxy) is 1. The summed E-state index contributed by atoms with van der Waals surface area (Å²) in [6.07, 6.45) is 2.78. The zero-order valence-corrected chi connectivity index (χ0v) is 18.1. The molecule has 0 amide bonds. The van der Waals surface area contributed by atoms with E-state index in [4.69, 9.17) is 4.74 Å². The molecule has 0 aliphatic heterocycles. The lowest BCUT2D eigenvalue weighted by Crippen LogP contribution is -1.95. The highest BCUT2D eigenvalue weighted by Crippen LogP contribution is 2.37. The van der Waals surface area contributed by atoms with Gasteiger partial charge in [0.2, 0.25) is 0 Å². The van der Waals surface area contributed by atoms with Crippen LogP contribution in [0, 0.1) is 0 Å². The van der Waals surface area contributed by atoms with Crippen LogP contribution < -0.4 is 4.74 Å². The average Bonchev–Trinajstić information content (AvgIpc) is 2.80. The number of phenols is 4. The molecule has 0 bridgehead atoms. The van der Waals surface area contributed by atoms with Crippen molar-refractivity contribution in [3.63, 3.8) is 0 Å². The second-order valence-electron chi connectivity index (χ2n) is 8.03. The Bertz CT molecular complexity index is 1230. The van der Waals surface area contributed by atoms with Crippen molar-refractivity contribution in [2.24, 2.45) is 0 Å². The maximum Gasteiger partial charge on any atom is 0.169 e. The fourth-order valence-corrected chi connectivity index (χ4v) is 3.72. The number of aryl methyl sites for hydroxylation is 4. The van der Waals surface area contributed by atoms with Crippen molar-refractivity contribution in [3.8, 4) is 34.5 Å². The summed E-state index contributed by atoms with van der Waals surface area (Å²) in [6.45, 7) is 0. The molecule has 4 aromatic rings. The number of hydrogen-bond acceptors (Lipinski definition) is 5. The van der Waals surface area contributed by atoms with Crippen LogP contribution in [0.1, 0.15) is 22.3 Å². The molecule has 0 atom stereocenters. The van der Waals surface area contributed by atoms with E-state index in [1.165, 1.54) is 6.07 Å². The van der Waals surface area contributed by atoms with Crippen LogP contribution in [-0.2, 0) is 25.7 Å². The third kappa shape index (κ3) is 5.98. The number of hydrogen-bond donors (Lipinski definition) is 4. The Morgan fingerprint density at radius 3 is 1.94 bits per heavy atom. The quantitative estimate of drug-likeness (QED) is 0.274. The molecule has 4 rings (SSSR count). The van der Waals surface area contributed by atoms with E-state index in [1.54, 1.807) is 36.4 Å². The van der Waals surface area contributed by atoms with Gasteiger partial charge in [0.15, 0.2) is 11.5 Å². The normalized spacial score (nSPS) is 10.8. The number of benzene rings is 4. The first-order chi connectivity index (χ1) is 16.0. The van der Waals surface area contributed by atoms with Crippen LogP contribution in [-0.4, -0.2) is 20.4 Å². The molecule has 5 heteroatoms. The number of rotatable bonds is 8. The van der Waals surface area contributed by atoms with Crippen molar-refractivity contribution in [2.45, 2.75) is 25.7 Å². The van der Waals surface area contributed by atoms with E-state index in [9.17, 15) is 20.4 Å². The van der Waals surface area contributed by atoms with Gasteiger partial charge in [-0.1, -0.05) is 36.4 Å². The van der Waals surface area contributed by atoms with E-state index in [-0.39, 0.29) is 28.7 Å². The van der Waals surface area contributed by atoms with E-state index in [1.807, 2.05) is 42.5 Å². The highest BCUT2D eigenvalue weighted by molar-refractivity contribution is 5.51. The Morgan fingerprint density at radius 2 is 1.18 bits per heavy atom. The molecular formula is C28H26O5. The maximum atomic E-state index is 10.3. The minimum absolute atomic E-state index is 0.00246. The Morgan fingerprint density at radius 1 is 0.515 bits per heavy atom. The number of aromatic hydroxyl groups is 4. The summed E-state index contributed by atoms with van der Waals surface area (Å²) in [5, 5.41) is 39.6. The Labute approximate surface area is 192 Å². The van der Waals surface area contributed by atoms with E-state index < -0.39 is 0 Å². The summed E-state index contributed by atoms with van der Waals surface area (Å²) in [6, 6.07) is 24.8. The highest BCUT2D eigenvalue weighted by Gasteiger charge is 2.12. The Balaban J connectivity index is 1.45. The predicted molar refractivity (Wildman–Crippen MR) is 127 cm³/mol. The van der Waals surface area contributed by atoms with Gasteiger partial charge in [0.05, 0.1) is 0 Å². The minimum Gasteiger partial charge on any atom is -0.508 e. The predicted octanol–water partition coefficient (Wildman–Crippen LogP) is 5.87. The molecule has 0 unspecified atom stereocenters. The van der Waals surface area contributed by atoms with Crippen LogP contribution in [0.25, 0.3) is 0 Å². The summed E-state index contributed by atoms with van der Waals surface area (Å²) >= 11 is 0. The third-order valence-corrected chi connectivity index (χ3v) is 5.52. The molecule has 0 radical (unpaired) electrons. The molecule has 0 spiro atoms. The maximum absolute atomic E-state index is 10.3. The van der Waals surface area contributed by atoms with Crippen LogP contribution >= 0.6 is 0 Å². The highest BCUT2D eigenvalue weighted by atomic mass is 16.5. The topological polar surface area (TPSA) is 90.2 Å². The number of phenolic OH excluding ortho intramolecular Hbond substituents is 4. The van der Waals surface area contributed by atoms with E-state index in [0.717, 1.165) is 29.5 Å². The van der Waals surface area contributed by atoms with Gasteiger partial charge in [0.25, 0.3) is 0 Å². The van der Waals surface area contributed by atoms with E-state index >= 15 is 0 Å². The molecule has 4 aromatic carbocycles. The Kier molecular flexibility index (Phi) is 6.69. The zero-order valence-electron chi connectivity index (χ0n) is 18.1. The third-order valence-electron chi connectivity index (χ3n) is 5.52. The van der Waals surface area contributed by atoms with Crippen LogP contribution in [0.3, 0.4) is 0 Å². The lowest BCUT2D eigenvalue weighted by molar-refractivity contribution is 0.401. The first-order valence-corrected chi connectivity index (χ1v) is 10.8. The smallest absolute Gasteiger partial charge is 0.169 e. The molecule has 0 fully saturated rings. The van der Waals surface area contributed by atoms with Crippen molar-refractivity contribution in [3.05, 3.63) is 107 Å². The summed E-state index contributed by atoms with van der Waals surface area (Å²) in [7, 11) is 0. The summed E-state index contributed by atoms with van der Waals surface area (Å²) in [4.78, 5) is 0. The van der Waals surface area contributed by atoms with Crippen LogP contribution in [0.2, 0.25) is 0 Å². The molecule has 33 heavy (non-hydrogen) atoms. The van der Waals surface area contributed by atoms with Gasteiger partial charge in [0.1, 0.15) is 23.0 Å². The largest absolute Gasteiger partial charge is 0.508 e. The lowest BCUT2D eigenvalue weighted by Gasteiger charge is -2.13. The van der Waals surface area contributed by atoms with Gasteiger partial charge >= 0.3 is 0 Å². The lowest BCUT2D eigenvalue weighted by atomic mass is 10.0. The van der Waals surface area contributed by atoms with Crippen LogP contribution in [0.15, 0.2) is 84.9 Å². The summed E-state index contributed by atoms with van der Waals surface area (Å²) in [5.74, 6) is 1.19. The first kappa shape index (κ1) is 22.1. The Hall–Kier alpha value is -4.12. The molecular weight excluding hydrogens is 416 g/mol. The zero-order chi connectivity index (χ0) is 23.2. The molecule has 0 saturated heterocycles. The average molecular weight is 443 g/mol. The first-order valence-electron chi connectivity index (χ1n) is 10.8. The van der Waals surface area contributed by atoms with Crippen molar-refractivity contribution in [1.29, 1.82) is 0 Å². The molecule has 0 heterocycles. The molecule has 0 saturated carbocycles. The van der Waals surface area contributed by atoms with Gasteiger partial charge in [-0.2, -0.15) is 0 Å². The molecule has 5 nitrogen and oxygen atoms in total. The summed E-state index contributed by atoms with van der Waals surface area (Å²) in [5.41, 5.74) is 3.82. The molecule has 168 valence electrons. The van der Waals surface area contributed by atoms with E-state index in [2.05, 4.69) is 0 Å². The molecule has 0 aliphatic rings.